The van der Waals surface area contributed by atoms with Gasteiger partial charge in [-0.15, -0.1) is 0 Å². The molecular formula is C45H59F11N2O6. The fraction of sp³-hybridized carbons (Fsp3) is 0.689. The predicted molar refractivity (Wildman–Crippen MR) is 214 cm³/mol. The number of amides is 1. The standard InChI is InChI=1S/C38H52F2N2O4.C7H7F9O2/c1-26(43)16-19-45-20-17-41-38(44)9-4-3-5-18-42(2)24-35-36(39)21-27(22-37(35)40)25-46-30-12-15-32-29(23-30)11-14-33-31-8-6-7-28(31)10-13-34(32)33;8-5(9,10)4(6(11,12)13,7(14,15)16)18-3-1-2-17/h12,15,21-23,28,31,33-34H,3-11,13-14,16-20,24-25H2,1-2H3,(H,41,44);17H,1-3H2. The Morgan fingerprint density at radius 2 is 1.48 bits per heavy atom. The molecule has 2 aromatic rings. The molecule has 0 bridgehead atoms. The highest BCUT2D eigenvalue weighted by atomic mass is 19.4. The van der Waals surface area contributed by atoms with Crippen molar-refractivity contribution in [2.75, 3.05) is 46.6 Å². The van der Waals surface area contributed by atoms with Gasteiger partial charge in [-0.3, -0.25) is 9.59 Å². The summed E-state index contributed by atoms with van der Waals surface area (Å²) in [5, 5.41) is 11.0. The molecule has 3 aliphatic rings. The Hall–Kier alpha value is -3.55. The highest BCUT2D eigenvalue weighted by molar-refractivity contribution is 5.76. The van der Waals surface area contributed by atoms with E-state index in [0.717, 1.165) is 49.2 Å². The monoisotopic (exact) mass is 932 g/mol. The van der Waals surface area contributed by atoms with Crippen molar-refractivity contribution in [3.63, 3.8) is 0 Å². The zero-order valence-electron chi connectivity index (χ0n) is 36.1. The number of halogens is 11. The Labute approximate surface area is 366 Å². The van der Waals surface area contributed by atoms with E-state index in [9.17, 15) is 49.1 Å². The van der Waals surface area contributed by atoms with Crippen LogP contribution in [-0.4, -0.2) is 92.4 Å². The van der Waals surface area contributed by atoms with Crippen molar-refractivity contribution >= 4 is 11.7 Å². The van der Waals surface area contributed by atoms with Gasteiger partial charge in [0.15, 0.2) is 0 Å². The van der Waals surface area contributed by atoms with Gasteiger partial charge in [0.05, 0.1) is 19.8 Å². The number of aliphatic hydroxyl groups excluding tert-OH is 1. The molecule has 64 heavy (non-hydrogen) atoms. The summed E-state index contributed by atoms with van der Waals surface area (Å²) in [6, 6.07) is 9.23. The van der Waals surface area contributed by atoms with Crippen molar-refractivity contribution in [3.05, 3.63) is 64.2 Å². The molecule has 5 rings (SSSR count). The third-order valence-electron chi connectivity index (χ3n) is 12.4. The summed E-state index contributed by atoms with van der Waals surface area (Å²) in [6.45, 7) is 1.24. The number of hydrogen-bond donors (Lipinski definition) is 2. The van der Waals surface area contributed by atoms with E-state index in [1.807, 2.05) is 18.0 Å². The number of benzene rings is 2. The molecule has 4 atom stereocenters. The van der Waals surface area contributed by atoms with Gasteiger partial charge in [-0.2, -0.15) is 39.5 Å². The fourth-order valence-electron chi connectivity index (χ4n) is 9.20. The van der Waals surface area contributed by atoms with Crippen LogP contribution in [0, 0.1) is 29.4 Å². The van der Waals surface area contributed by atoms with Gasteiger partial charge < -0.3 is 29.5 Å². The largest absolute Gasteiger partial charge is 0.489 e. The van der Waals surface area contributed by atoms with E-state index in [2.05, 4.69) is 22.2 Å². The zero-order chi connectivity index (χ0) is 47.3. The lowest BCUT2D eigenvalue weighted by atomic mass is 9.61. The summed E-state index contributed by atoms with van der Waals surface area (Å²) in [4.78, 5) is 24.8. The Bertz CT molecular complexity index is 1750. The number of ketones is 1. The lowest BCUT2D eigenvalue weighted by Gasteiger charge is -2.44. The van der Waals surface area contributed by atoms with Gasteiger partial charge in [-0.1, -0.05) is 25.3 Å². The number of Topliss-reactive ketones (excluding diaryl/α,β-unsaturated/α-hetero) is 1. The Balaban J connectivity index is 0.000000422. The number of hydrogen-bond acceptors (Lipinski definition) is 7. The maximum Gasteiger partial charge on any atom is 0.435 e. The summed E-state index contributed by atoms with van der Waals surface area (Å²) >= 11 is 0. The SMILES string of the molecule is CC(=O)CCOCCNC(=O)CCCCCN(C)Cc1c(F)cc(COc2ccc3c(c2)CCC2C3CCC3CCCC32)cc1F.OCCCOC(C(F)(F)F)(C(F)(F)F)C(F)(F)F. The minimum absolute atomic E-state index is 0.0252. The zero-order valence-corrected chi connectivity index (χ0v) is 36.1. The molecule has 0 spiro atoms. The van der Waals surface area contributed by atoms with Gasteiger partial charge in [-0.25, -0.2) is 8.78 Å². The van der Waals surface area contributed by atoms with Gasteiger partial charge in [-0.05, 0) is 137 Å². The molecule has 0 aromatic heterocycles. The molecule has 8 nitrogen and oxygen atoms in total. The van der Waals surface area contributed by atoms with Crippen molar-refractivity contribution in [3.8, 4) is 5.75 Å². The molecule has 19 heteroatoms. The number of rotatable bonds is 21. The minimum Gasteiger partial charge on any atom is -0.489 e. The van der Waals surface area contributed by atoms with E-state index >= 15 is 8.78 Å². The highest BCUT2D eigenvalue weighted by Gasteiger charge is 2.85. The highest BCUT2D eigenvalue weighted by Crippen LogP contribution is 2.56. The normalized spacial score (nSPS) is 19.9. The molecule has 0 radical (unpaired) electrons. The van der Waals surface area contributed by atoms with Crippen LogP contribution in [0.25, 0.3) is 0 Å². The Kier molecular flexibility index (Phi) is 19.7. The first-order valence-electron chi connectivity index (χ1n) is 21.8. The average Bonchev–Trinajstić information content (AvgIpc) is 3.69. The number of alkyl halides is 9. The molecule has 3 aliphatic carbocycles. The molecule has 1 amide bonds. The summed E-state index contributed by atoms with van der Waals surface area (Å²) in [5.41, 5.74) is -2.80. The molecule has 2 N–H and O–H groups in total. The van der Waals surface area contributed by atoms with E-state index < -0.39 is 55.4 Å². The molecule has 0 aliphatic heterocycles. The summed E-state index contributed by atoms with van der Waals surface area (Å²) in [6.07, 6.45) is -8.44. The third kappa shape index (κ3) is 14.2. The number of fused-ring (bicyclic) bond motifs is 5. The molecule has 362 valence electrons. The quantitative estimate of drug-likeness (QED) is 0.0951. The summed E-state index contributed by atoms with van der Waals surface area (Å²) < 4.78 is 154. The van der Waals surface area contributed by atoms with Crippen LogP contribution in [-0.2, 0) is 38.6 Å². The number of unbranched alkanes of at least 4 members (excludes halogenated alkanes) is 2. The van der Waals surface area contributed by atoms with Crippen LogP contribution in [0.15, 0.2) is 30.3 Å². The second kappa shape index (κ2) is 23.8. The number of carbonyl (C=O) groups excluding carboxylic acids is 2. The van der Waals surface area contributed by atoms with E-state index in [1.165, 1.54) is 68.7 Å². The molecule has 0 saturated heterocycles. The van der Waals surface area contributed by atoms with Crippen LogP contribution in [0.3, 0.4) is 0 Å². The lowest BCUT2D eigenvalue weighted by molar-refractivity contribution is -0.457. The Morgan fingerprint density at radius 3 is 2.12 bits per heavy atom. The molecule has 4 unspecified atom stereocenters. The van der Waals surface area contributed by atoms with Gasteiger partial charge in [0.25, 0.3) is 0 Å². The molecule has 2 fully saturated rings. The van der Waals surface area contributed by atoms with Gasteiger partial charge in [0.1, 0.15) is 29.8 Å². The smallest absolute Gasteiger partial charge is 0.435 e. The fourth-order valence-corrected chi connectivity index (χ4v) is 9.20. The van der Waals surface area contributed by atoms with Crippen molar-refractivity contribution in [2.24, 2.45) is 17.8 Å². The third-order valence-corrected chi connectivity index (χ3v) is 12.4. The second-order valence-corrected chi connectivity index (χ2v) is 17.0. The van der Waals surface area contributed by atoms with E-state index in [1.54, 1.807) is 0 Å². The van der Waals surface area contributed by atoms with E-state index in [-0.39, 0.29) is 30.4 Å². The Morgan fingerprint density at radius 1 is 0.797 bits per heavy atom. The molecule has 2 aromatic carbocycles. The average molecular weight is 933 g/mol. The topological polar surface area (TPSA) is 97.3 Å². The van der Waals surface area contributed by atoms with Gasteiger partial charge in [0, 0.05) is 38.1 Å². The first-order chi connectivity index (χ1) is 30.1. The van der Waals surface area contributed by atoms with Gasteiger partial charge in [0.2, 0.25) is 5.91 Å². The molecular weight excluding hydrogens is 873 g/mol. The van der Waals surface area contributed by atoms with Gasteiger partial charge >= 0.3 is 24.1 Å². The van der Waals surface area contributed by atoms with Crippen molar-refractivity contribution in [1.29, 1.82) is 0 Å². The maximum atomic E-state index is 15.0. The number of ether oxygens (including phenoxy) is 3. The van der Waals surface area contributed by atoms with Crippen LogP contribution < -0.4 is 10.1 Å². The van der Waals surface area contributed by atoms with Crippen molar-refractivity contribution in [2.45, 2.75) is 134 Å². The van der Waals surface area contributed by atoms with Crippen molar-refractivity contribution in [1.82, 2.24) is 10.2 Å². The number of nitrogens with one attached hydrogen (secondary N) is 1. The second-order valence-electron chi connectivity index (χ2n) is 17.0. The lowest BCUT2D eigenvalue weighted by Crippen LogP contribution is -2.67. The molecule has 2 saturated carbocycles. The van der Waals surface area contributed by atoms with E-state index in [4.69, 9.17) is 14.6 Å². The summed E-state index contributed by atoms with van der Waals surface area (Å²) in [5.74, 6) is 3.12. The first kappa shape index (κ1) is 53.1. The van der Waals surface area contributed by atoms with Crippen LogP contribution >= 0.6 is 0 Å². The number of aliphatic hydroxyl groups is 1. The van der Waals surface area contributed by atoms with Crippen LogP contribution in [0.4, 0.5) is 48.3 Å². The van der Waals surface area contributed by atoms with Crippen LogP contribution in [0.5, 0.6) is 5.75 Å². The minimum atomic E-state index is -6.72. The van der Waals surface area contributed by atoms with Crippen LogP contribution in [0.1, 0.15) is 112 Å². The predicted octanol–water partition coefficient (Wildman–Crippen LogP) is 10.3. The molecule has 0 heterocycles. The number of nitrogens with zero attached hydrogens (tertiary/aromatic N) is 1. The van der Waals surface area contributed by atoms with Crippen LogP contribution in [0.2, 0.25) is 0 Å². The van der Waals surface area contributed by atoms with Crippen molar-refractivity contribution < 1.29 is 77.2 Å². The first-order valence-corrected chi connectivity index (χ1v) is 21.8. The number of carbonyl (C=O) groups is 2. The summed E-state index contributed by atoms with van der Waals surface area (Å²) in [7, 11) is 1.85. The maximum absolute atomic E-state index is 15.0. The number of aryl methyl sites for hydroxylation is 1. The van der Waals surface area contributed by atoms with E-state index in [0.29, 0.717) is 50.6 Å².